The number of likely N-dealkylation sites (tertiary alicyclic amines) is 1. The van der Waals surface area contributed by atoms with Crippen molar-refractivity contribution in [2.24, 2.45) is 0 Å². The van der Waals surface area contributed by atoms with Gasteiger partial charge in [-0.3, -0.25) is 10.1 Å². The highest BCUT2D eigenvalue weighted by Gasteiger charge is 2.36. The maximum atomic E-state index is 14.2. The number of hydrogen-bond donors (Lipinski definition) is 4. The van der Waals surface area contributed by atoms with Crippen LogP contribution in [-0.2, 0) is 4.74 Å². The van der Waals surface area contributed by atoms with E-state index in [-0.39, 0.29) is 18.0 Å². The molecule has 2 saturated heterocycles. The number of piperidine rings is 1. The number of nitrogens with zero attached hydrogens (tertiary/aromatic N) is 3. The van der Waals surface area contributed by atoms with Crippen LogP contribution in [0.4, 0.5) is 19.4 Å². The number of amides is 3. The summed E-state index contributed by atoms with van der Waals surface area (Å²) in [4.78, 5) is 29.1. The van der Waals surface area contributed by atoms with Gasteiger partial charge in [-0.2, -0.15) is 5.10 Å². The molecule has 2 aliphatic rings. The van der Waals surface area contributed by atoms with Gasteiger partial charge in [0, 0.05) is 55.6 Å². The predicted octanol–water partition coefficient (Wildman–Crippen LogP) is 5.97. The van der Waals surface area contributed by atoms with Crippen LogP contribution in [0.5, 0.6) is 0 Å². The highest BCUT2D eigenvalue weighted by atomic mass is 19.2. The Labute approximate surface area is 291 Å². The number of carbonyl (C=O) groups excluding carboxylic acids is 2. The van der Waals surface area contributed by atoms with Gasteiger partial charge in [0.05, 0.1) is 23.5 Å². The second-order valence-electron chi connectivity index (χ2n) is 13.1. The summed E-state index contributed by atoms with van der Waals surface area (Å²) < 4.78 is 34.9. The van der Waals surface area contributed by atoms with E-state index in [1.807, 2.05) is 49.4 Å². The smallest absolute Gasteiger partial charge is 0.320 e. The minimum atomic E-state index is -0.941. The Hall–Kier alpha value is -4.65. The van der Waals surface area contributed by atoms with Crippen LogP contribution in [0.2, 0.25) is 0 Å². The van der Waals surface area contributed by atoms with Gasteiger partial charge in [-0.05, 0) is 81.1 Å². The molecule has 0 radical (unpaired) electrons. The number of methoxy groups -OCH3 is 1. The summed E-state index contributed by atoms with van der Waals surface area (Å²) in [5.41, 5.74) is 4.07. The summed E-state index contributed by atoms with van der Waals surface area (Å²) in [5, 5.41) is 17.7. The number of anilines is 1. The molecule has 3 amide bonds. The van der Waals surface area contributed by atoms with Crippen molar-refractivity contribution in [3.63, 3.8) is 0 Å². The lowest BCUT2D eigenvalue weighted by molar-refractivity contribution is 0.0912. The van der Waals surface area contributed by atoms with Gasteiger partial charge in [0.15, 0.2) is 11.6 Å². The molecule has 0 saturated carbocycles. The number of ether oxygens (including phenoxy) is 1. The van der Waals surface area contributed by atoms with Gasteiger partial charge in [0.1, 0.15) is 5.82 Å². The average Bonchev–Trinajstić information content (AvgIpc) is 3.69. The molecule has 3 atom stereocenters. The van der Waals surface area contributed by atoms with E-state index in [0.29, 0.717) is 42.1 Å². The highest BCUT2D eigenvalue weighted by molar-refractivity contribution is 5.95. The lowest BCUT2D eigenvalue weighted by Crippen LogP contribution is -2.44. The highest BCUT2D eigenvalue weighted by Crippen LogP contribution is 2.32. The van der Waals surface area contributed by atoms with Crippen molar-refractivity contribution in [3.8, 4) is 16.9 Å². The zero-order chi connectivity index (χ0) is 35.2. The summed E-state index contributed by atoms with van der Waals surface area (Å²) in [6, 6.07) is 19.5. The monoisotopic (exact) mass is 685 g/mol. The number of halogens is 2. The van der Waals surface area contributed by atoms with Crippen LogP contribution in [0.15, 0.2) is 72.8 Å². The van der Waals surface area contributed by atoms with Crippen LogP contribution in [-0.4, -0.2) is 78.1 Å². The summed E-state index contributed by atoms with van der Waals surface area (Å²) in [6.45, 7) is 7.56. The van der Waals surface area contributed by atoms with Crippen LogP contribution in [0.3, 0.4) is 0 Å². The van der Waals surface area contributed by atoms with E-state index in [0.717, 1.165) is 55.4 Å². The Morgan fingerprint density at radius 3 is 2.40 bits per heavy atom. The molecule has 1 aromatic heterocycles. The van der Waals surface area contributed by atoms with Crippen molar-refractivity contribution in [2.45, 2.75) is 63.7 Å². The quantitative estimate of drug-likeness (QED) is 0.155. The number of para-hydroxylation sites is 1. The zero-order valence-electron chi connectivity index (χ0n) is 28.7. The molecule has 10 nitrogen and oxygen atoms in total. The van der Waals surface area contributed by atoms with Crippen molar-refractivity contribution < 1.29 is 23.1 Å². The van der Waals surface area contributed by atoms with Crippen molar-refractivity contribution in [1.82, 2.24) is 30.6 Å². The summed E-state index contributed by atoms with van der Waals surface area (Å²) in [6.07, 6.45) is 3.14. The molecule has 0 aliphatic carbocycles. The second kappa shape index (κ2) is 15.9. The number of aromatic nitrogens is 2. The van der Waals surface area contributed by atoms with Crippen LogP contribution in [0.25, 0.3) is 16.9 Å². The Bertz CT molecular complexity index is 1780. The molecule has 0 unspecified atom stereocenters. The lowest BCUT2D eigenvalue weighted by atomic mass is 9.99. The third-order valence-electron chi connectivity index (χ3n) is 9.79. The maximum Gasteiger partial charge on any atom is 0.320 e. The minimum absolute atomic E-state index is 0.000639. The van der Waals surface area contributed by atoms with Crippen LogP contribution < -0.4 is 21.3 Å². The first-order chi connectivity index (χ1) is 24.2. The third kappa shape index (κ3) is 8.04. The Kier molecular flexibility index (Phi) is 11.2. The fourth-order valence-electron chi connectivity index (χ4n) is 6.95. The molecule has 12 heteroatoms. The summed E-state index contributed by atoms with van der Waals surface area (Å²) in [5.74, 6) is -1.48. The van der Waals surface area contributed by atoms with Crippen molar-refractivity contribution >= 4 is 17.8 Å². The summed E-state index contributed by atoms with van der Waals surface area (Å²) in [7, 11) is 1.63. The number of rotatable bonds is 11. The van der Waals surface area contributed by atoms with E-state index < -0.39 is 29.7 Å². The second-order valence-corrected chi connectivity index (χ2v) is 13.1. The van der Waals surface area contributed by atoms with Gasteiger partial charge < -0.3 is 25.6 Å². The molecular formula is C38H45F2N7O3. The van der Waals surface area contributed by atoms with E-state index in [1.54, 1.807) is 23.9 Å². The fourth-order valence-corrected chi connectivity index (χ4v) is 6.95. The molecule has 3 aromatic carbocycles. The Morgan fingerprint density at radius 1 is 0.980 bits per heavy atom. The molecule has 50 heavy (non-hydrogen) atoms. The molecule has 2 aliphatic heterocycles. The molecule has 2 fully saturated rings. The number of nitrogens with one attached hydrogen (secondary N) is 4. The average molecular weight is 686 g/mol. The maximum absolute atomic E-state index is 14.2. The number of benzene rings is 3. The lowest BCUT2D eigenvalue weighted by Gasteiger charge is -2.31. The normalized spacial score (nSPS) is 19.7. The molecule has 0 spiro atoms. The van der Waals surface area contributed by atoms with Crippen molar-refractivity contribution in [1.29, 1.82) is 0 Å². The van der Waals surface area contributed by atoms with Crippen molar-refractivity contribution in [2.75, 3.05) is 38.7 Å². The van der Waals surface area contributed by atoms with Gasteiger partial charge in [-0.25, -0.2) is 18.3 Å². The summed E-state index contributed by atoms with van der Waals surface area (Å²) >= 11 is 0. The molecule has 6 rings (SSSR count). The first-order valence-corrected chi connectivity index (χ1v) is 17.3. The molecule has 4 N–H and O–H groups in total. The third-order valence-corrected chi connectivity index (χ3v) is 9.79. The molecular weight excluding hydrogens is 640 g/mol. The minimum Gasteiger partial charge on any atom is -0.385 e. The standard InChI is InChI=1S/C38H45F2N7O3/c1-4-46-19-16-28(17-20-46)42-37(48)26-12-10-25(11-13-26)34-24(2)36(47(45-34)30-8-6-5-7-9-30)44-38(49)43-33-23-29(18-21-50-3)41-35(33)27-14-15-31(39)32(40)22-27/h5-15,22,28-29,33,35,41H,4,16-21,23H2,1-3H3,(H,42,48)(H2,43,44,49)/t29-,33-,35+/m1/s1. The Morgan fingerprint density at radius 2 is 1.72 bits per heavy atom. The van der Waals surface area contributed by atoms with Gasteiger partial charge in [-0.15, -0.1) is 0 Å². The SMILES string of the molecule is CCN1CCC(NC(=O)c2ccc(-c3nn(-c4ccccc4)c(NC(=O)N[C@@H]4C[C@@H](CCOC)N[C@H]4c4ccc(F)c(F)c4)c3C)cc2)CC1. The Balaban J connectivity index is 1.21. The largest absolute Gasteiger partial charge is 0.385 e. The molecule has 4 aromatic rings. The fraction of sp³-hybridized carbons (Fsp3) is 0.395. The van der Waals surface area contributed by atoms with Gasteiger partial charge >= 0.3 is 6.03 Å². The number of hydrogen-bond acceptors (Lipinski definition) is 6. The molecule has 3 heterocycles. The van der Waals surface area contributed by atoms with Crippen LogP contribution in [0, 0.1) is 18.6 Å². The first kappa shape index (κ1) is 35.2. The van der Waals surface area contributed by atoms with Crippen molar-refractivity contribution in [3.05, 3.63) is 101 Å². The van der Waals surface area contributed by atoms with Gasteiger partial charge in [-0.1, -0.05) is 43.3 Å². The molecule has 264 valence electrons. The van der Waals surface area contributed by atoms with E-state index in [1.165, 1.54) is 12.1 Å². The van der Waals surface area contributed by atoms with Gasteiger partial charge in [0.25, 0.3) is 5.91 Å². The van der Waals surface area contributed by atoms with Crippen LogP contribution >= 0.6 is 0 Å². The number of urea groups is 1. The van der Waals surface area contributed by atoms with Crippen LogP contribution in [0.1, 0.15) is 60.1 Å². The molecule has 0 bridgehead atoms. The number of carbonyl (C=O) groups is 2. The van der Waals surface area contributed by atoms with E-state index in [9.17, 15) is 18.4 Å². The topological polar surface area (TPSA) is 113 Å². The van der Waals surface area contributed by atoms with Gasteiger partial charge in [0.2, 0.25) is 0 Å². The predicted molar refractivity (Wildman–Crippen MR) is 189 cm³/mol. The van der Waals surface area contributed by atoms with E-state index >= 15 is 0 Å². The van der Waals surface area contributed by atoms with E-state index in [2.05, 4.69) is 33.1 Å². The first-order valence-electron chi connectivity index (χ1n) is 17.3. The zero-order valence-corrected chi connectivity index (χ0v) is 28.7. The van der Waals surface area contributed by atoms with E-state index in [4.69, 9.17) is 9.84 Å².